The van der Waals surface area contributed by atoms with E-state index in [9.17, 15) is 20.0 Å². The van der Waals surface area contributed by atoms with Gasteiger partial charge < -0.3 is 9.84 Å². The van der Waals surface area contributed by atoms with Gasteiger partial charge in [0.1, 0.15) is 0 Å². The second-order valence-electron chi connectivity index (χ2n) is 3.70. The first-order valence-electron chi connectivity index (χ1n) is 5.28. The second-order valence-corrected chi connectivity index (χ2v) is 4.51. The monoisotopic (exact) mass is 307 g/mol. The number of esters is 1. The molecular formula is C11H11Cl2NO5. The molecule has 0 heterocycles. The van der Waals surface area contributed by atoms with E-state index in [1.807, 2.05) is 0 Å². The van der Waals surface area contributed by atoms with Gasteiger partial charge in [-0.1, -0.05) is 29.3 Å². The summed E-state index contributed by atoms with van der Waals surface area (Å²) in [4.78, 5) is 21.6. The number of benzene rings is 1. The number of hydrogen-bond donors (Lipinski definition) is 1. The van der Waals surface area contributed by atoms with Gasteiger partial charge in [0.25, 0.3) is 5.60 Å². The van der Waals surface area contributed by atoms with Crippen molar-refractivity contribution in [1.29, 1.82) is 0 Å². The van der Waals surface area contributed by atoms with E-state index in [2.05, 4.69) is 4.74 Å². The lowest BCUT2D eigenvalue weighted by Gasteiger charge is -2.22. The fourth-order valence-corrected chi connectivity index (χ4v) is 1.76. The Morgan fingerprint density at radius 2 is 2.11 bits per heavy atom. The number of nitro groups is 1. The van der Waals surface area contributed by atoms with Crippen LogP contribution < -0.4 is 0 Å². The van der Waals surface area contributed by atoms with Crippen molar-refractivity contribution < 1.29 is 19.6 Å². The van der Waals surface area contributed by atoms with Crippen molar-refractivity contribution in [3.8, 4) is 0 Å². The van der Waals surface area contributed by atoms with Gasteiger partial charge >= 0.3 is 5.97 Å². The van der Waals surface area contributed by atoms with Crippen molar-refractivity contribution in [1.82, 2.24) is 0 Å². The number of nitrogens with zero attached hydrogens (tertiary/aromatic N) is 1. The minimum atomic E-state index is -2.40. The Hall–Kier alpha value is -1.37. The van der Waals surface area contributed by atoms with E-state index < -0.39 is 23.0 Å². The quantitative estimate of drug-likeness (QED) is 0.510. The molecule has 6 nitrogen and oxygen atoms in total. The predicted molar refractivity (Wildman–Crippen MR) is 68.9 cm³/mol. The van der Waals surface area contributed by atoms with Crippen LogP contribution in [0.1, 0.15) is 12.5 Å². The lowest BCUT2D eigenvalue weighted by molar-refractivity contribution is -0.499. The summed E-state index contributed by atoms with van der Waals surface area (Å²) in [5.74, 6) is -1.11. The number of carbonyl (C=O) groups excluding carboxylic acids is 1. The summed E-state index contributed by atoms with van der Waals surface area (Å²) in [6.07, 6.45) is 0. The van der Waals surface area contributed by atoms with E-state index in [-0.39, 0.29) is 22.2 Å². The Morgan fingerprint density at radius 1 is 1.47 bits per heavy atom. The molecule has 0 aliphatic rings. The molecule has 1 rings (SSSR count). The van der Waals surface area contributed by atoms with Crippen molar-refractivity contribution in [3.05, 3.63) is 43.9 Å². The molecule has 1 aromatic rings. The van der Waals surface area contributed by atoms with Crippen LogP contribution in [0.2, 0.25) is 10.0 Å². The van der Waals surface area contributed by atoms with Gasteiger partial charge in [0.05, 0.1) is 16.7 Å². The molecule has 0 bridgehead atoms. The standard InChI is InChI=1S/C11H11Cl2NO5/c1-2-19-10(15)11(16,6-14(17)18)7-3-4-8(12)9(13)5-7/h3-5,16H,2,6H2,1H3/t11-/m0/s1. The SMILES string of the molecule is CCOC(=O)[C@](O)(C[N+](=O)[O-])c1ccc(Cl)c(Cl)c1. The van der Waals surface area contributed by atoms with Crippen LogP contribution in [-0.4, -0.2) is 29.2 Å². The van der Waals surface area contributed by atoms with Gasteiger partial charge in [0, 0.05) is 10.5 Å². The molecule has 1 atom stereocenters. The Balaban J connectivity index is 3.25. The Kier molecular flexibility index (Phi) is 5.11. The Morgan fingerprint density at radius 3 is 2.58 bits per heavy atom. The topological polar surface area (TPSA) is 89.7 Å². The molecule has 0 radical (unpaired) electrons. The highest BCUT2D eigenvalue weighted by Crippen LogP contribution is 2.30. The molecule has 0 fully saturated rings. The molecule has 0 saturated heterocycles. The number of halogens is 2. The molecule has 0 aliphatic heterocycles. The van der Waals surface area contributed by atoms with Gasteiger partial charge in [-0.25, -0.2) is 4.79 Å². The zero-order chi connectivity index (χ0) is 14.6. The maximum atomic E-state index is 11.7. The van der Waals surface area contributed by atoms with Gasteiger partial charge in [0.15, 0.2) is 0 Å². The zero-order valence-corrected chi connectivity index (χ0v) is 11.4. The fraction of sp³-hybridized carbons (Fsp3) is 0.364. The fourth-order valence-electron chi connectivity index (χ4n) is 1.46. The number of aliphatic hydroxyl groups is 1. The summed E-state index contributed by atoms with van der Waals surface area (Å²) >= 11 is 11.5. The van der Waals surface area contributed by atoms with Crippen LogP contribution in [0.3, 0.4) is 0 Å². The average Bonchev–Trinajstić information content (AvgIpc) is 2.31. The first-order chi connectivity index (χ1) is 8.81. The molecule has 0 amide bonds. The molecule has 0 aliphatic carbocycles. The highest BCUT2D eigenvalue weighted by atomic mass is 35.5. The smallest absolute Gasteiger partial charge is 0.349 e. The summed E-state index contributed by atoms with van der Waals surface area (Å²) in [7, 11) is 0. The Bertz CT molecular complexity index is 508. The maximum Gasteiger partial charge on any atom is 0.349 e. The van der Waals surface area contributed by atoms with Crippen LogP contribution in [-0.2, 0) is 15.1 Å². The predicted octanol–water partition coefficient (Wildman–Crippen LogP) is 2.02. The van der Waals surface area contributed by atoms with Gasteiger partial charge in [-0.05, 0) is 19.1 Å². The molecule has 0 aromatic heterocycles. The van der Waals surface area contributed by atoms with Crippen molar-refractivity contribution in [2.75, 3.05) is 13.2 Å². The molecule has 0 spiro atoms. The molecule has 1 N–H and O–H groups in total. The molecule has 0 saturated carbocycles. The lowest BCUT2D eigenvalue weighted by Crippen LogP contribution is -2.43. The van der Waals surface area contributed by atoms with Crippen LogP contribution in [0.5, 0.6) is 0 Å². The largest absolute Gasteiger partial charge is 0.463 e. The maximum absolute atomic E-state index is 11.7. The van der Waals surface area contributed by atoms with Crippen molar-refractivity contribution in [2.24, 2.45) is 0 Å². The minimum absolute atomic E-state index is 0.0137. The second kappa shape index (κ2) is 6.18. The Labute approximate surface area is 119 Å². The summed E-state index contributed by atoms with van der Waals surface area (Å²) < 4.78 is 4.66. The van der Waals surface area contributed by atoms with Crippen LogP contribution in [0.25, 0.3) is 0 Å². The highest BCUT2D eigenvalue weighted by molar-refractivity contribution is 6.42. The average molecular weight is 308 g/mol. The summed E-state index contributed by atoms with van der Waals surface area (Å²) in [5, 5.41) is 21.2. The van der Waals surface area contributed by atoms with Crippen molar-refractivity contribution >= 4 is 29.2 Å². The highest BCUT2D eigenvalue weighted by Gasteiger charge is 2.45. The van der Waals surface area contributed by atoms with Gasteiger partial charge in [-0.2, -0.15) is 0 Å². The number of hydrogen-bond acceptors (Lipinski definition) is 5. The zero-order valence-electron chi connectivity index (χ0n) is 9.93. The molecular weight excluding hydrogens is 297 g/mol. The van der Waals surface area contributed by atoms with Gasteiger partial charge in [-0.3, -0.25) is 10.1 Å². The molecule has 19 heavy (non-hydrogen) atoms. The normalized spacial score (nSPS) is 13.7. The third-order valence-electron chi connectivity index (χ3n) is 2.37. The summed E-state index contributed by atoms with van der Waals surface area (Å²) in [6, 6.07) is 3.82. The van der Waals surface area contributed by atoms with Gasteiger partial charge in [-0.15, -0.1) is 0 Å². The first-order valence-corrected chi connectivity index (χ1v) is 6.03. The number of rotatable bonds is 5. The van der Waals surface area contributed by atoms with E-state index >= 15 is 0 Å². The van der Waals surface area contributed by atoms with Crippen LogP contribution >= 0.6 is 23.2 Å². The van der Waals surface area contributed by atoms with E-state index in [1.54, 1.807) is 0 Å². The molecule has 0 unspecified atom stereocenters. The van der Waals surface area contributed by atoms with E-state index in [4.69, 9.17) is 23.2 Å². The van der Waals surface area contributed by atoms with Crippen LogP contribution in [0.15, 0.2) is 18.2 Å². The van der Waals surface area contributed by atoms with Crippen LogP contribution in [0.4, 0.5) is 0 Å². The van der Waals surface area contributed by atoms with E-state index in [0.29, 0.717) is 0 Å². The van der Waals surface area contributed by atoms with E-state index in [0.717, 1.165) is 0 Å². The third kappa shape index (κ3) is 3.56. The molecule has 8 heteroatoms. The summed E-state index contributed by atoms with van der Waals surface area (Å²) in [5.41, 5.74) is -2.44. The number of ether oxygens (including phenoxy) is 1. The molecule has 1 aromatic carbocycles. The third-order valence-corrected chi connectivity index (χ3v) is 3.11. The summed E-state index contributed by atoms with van der Waals surface area (Å²) in [6.45, 7) is 0.489. The molecule has 104 valence electrons. The first kappa shape index (κ1) is 15.7. The van der Waals surface area contributed by atoms with Gasteiger partial charge in [0.2, 0.25) is 6.54 Å². The minimum Gasteiger partial charge on any atom is -0.463 e. The lowest BCUT2D eigenvalue weighted by atomic mass is 9.94. The van der Waals surface area contributed by atoms with E-state index in [1.165, 1.54) is 25.1 Å². The van der Waals surface area contributed by atoms with Crippen molar-refractivity contribution in [2.45, 2.75) is 12.5 Å². The van der Waals surface area contributed by atoms with Crippen molar-refractivity contribution in [3.63, 3.8) is 0 Å². The number of carbonyl (C=O) groups is 1. The van der Waals surface area contributed by atoms with Crippen LogP contribution in [0, 0.1) is 10.1 Å².